The SMILES string of the molecule is CO/N=C/C=C\C(=O)NC/C=C/C1OC(=O)c2c(O)cccc2/C=C/C=C\C=C/C1O. The van der Waals surface area contributed by atoms with Gasteiger partial charge in [-0.25, -0.2) is 4.79 Å². The second-order valence-corrected chi connectivity index (χ2v) is 6.20. The highest BCUT2D eigenvalue weighted by Crippen LogP contribution is 2.24. The fourth-order valence-corrected chi connectivity index (χ4v) is 2.55. The third-order valence-electron chi connectivity index (χ3n) is 4.00. The van der Waals surface area contributed by atoms with Crippen molar-refractivity contribution < 1.29 is 29.4 Å². The molecule has 2 atom stereocenters. The molecule has 1 aromatic carbocycles. The Morgan fingerprint density at radius 1 is 1.29 bits per heavy atom. The smallest absolute Gasteiger partial charge is 0.343 e. The second-order valence-electron chi connectivity index (χ2n) is 6.20. The largest absolute Gasteiger partial charge is 0.507 e. The van der Waals surface area contributed by atoms with Crippen LogP contribution in [0.2, 0.25) is 0 Å². The van der Waals surface area contributed by atoms with E-state index in [1.165, 1.54) is 43.7 Å². The number of ether oxygens (including phenoxy) is 1. The van der Waals surface area contributed by atoms with E-state index in [9.17, 15) is 19.8 Å². The number of allylic oxidation sites excluding steroid dienone is 5. The average Bonchev–Trinajstić information content (AvgIpc) is 2.74. The summed E-state index contributed by atoms with van der Waals surface area (Å²) in [5.41, 5.74) is 0.478. The molecule has 3 N–H and O–H groups in total. The van der Waals surface area contributed by atoms with Gasteiger partial charge in [0.2, 0.25) is 5.91 Å². The molecule has 8 nitrogen and oxygen atoms in total. The molecule has 8 heteroatoms. The Bertz CT molecular complexity index is 943. The number of rotatable bonds is 6. The molecule has 2 rings (SSSR count). The summed E-state index contributed by atoms with van der Waals surface area (Å²) < 4.78 is 5.44. The number of cyclic esters (lactones) is 1. The Morgan fingerprint density at radius 3 is 2.90 bits per heavy atom. The number of amides is 1. The Kier molecular flexibility index (Phi) is 9.51. The maximum absolute atomic E-state index is 12.7. The van der Waals surface area contributed by atoms with Crippen molar-refractivity contribution in [3.05, 3.63) is 84.0 Å². The number of aromatic hydroxyl groups is 1. The predicted octanol–water partition coefficient (Wildman–Crippen LogP) is 2.28. The number of benzene rings is 1. The van der Waals surface area contributed by atoms with Crippen LogP contribution in [-0.2, 0) is 14.4 Å². The van der Waals surface area contributed by atoms with Crippen molar-refractivity contribution in [3.63, 3.8) is 0 Å². The average molecular weight is 424 g/mol. The first-order chi connectivity index (χ1) is 15.0. The first-order valence-corrected chi connectivity index (χ1v) is 9.43. The van der Waals surface area contributed by atoms with Gasteiger partial charge >= 0.3 is 5.97 Å². The van der Waals surface area contributed by atoms with Crippen LogP contribution >= 0.6 is 0 Å². The molecule has 1 aliphatic rings. The molecule has 0 fully saturated rings. The van der Waals surface area contributed by atoms with Crippen molar-refractivity contribution in [2.75, 3.05) is 13.7 Å². The van der Waals surface area contributed by atoms with E-state index in [1.807, 2.05) is 0 Å². The van der Waals surface area contributed by atoms with Crippen molar-refractivity contribution in [1.82, 2.24) is 5.32 Å². The van der Waals surface area contributed by atoms with Crippen molar-refractivity contribution in [3.8, 4) is 5.75 Å². The maximum Gasteiger partial charge on any atom is 0.343 e. The first-order valence-electron chi connectivity index (χ1n) is 9.43. The zero-order chi connectivity index (χ0) is 22.5. The predicted molar refractivity (Wildman–Crippen MR) is 117 cm³/mol. The van der Waals surface area contributed by atoms with E-state index in [1.54, 1.807) is 48.6 Å². The van der Waals surface area contributed by atoms with Crippen LogP contribution in [0.25, 0.3) is 6.08 Å². The highest BCUT2D eigenvalue weighted by Gasteiger charge is 2.23. The molecule has 1 aliphatic heterocycles. The fraction of sp³-hybridized carbons (Fsp3) is 0.174. The Labute approximate surface area is 180 Å². The van der Waals surface area contributed by atoms with Crippen molar-refractivity contribution in [1.29, 1.82) is 0 Å². The summed E-state index contributed by atoms with van der Waals surface area (Å²) >= 11 is 0. The van der Waals surface area contributed by atoms with Crippen LogP contribution in [0.1, 0.15) is 15.9 Å². The molecule has 1 amide bonds. The lowest BCUT2D eigenvalue weighted by atomic mass is 10.0. The van der Waals surface area contributed by atoms with Crippen LogP contribution in [0, 0.1) is 0 Å². The molecule has 31 heavy (non-hydrogen) atoms. The lowest BCUT2D eigenvalue weighted by Gasteiger charge is -2.19. The molecule has 162 valence electrons. The summed E-state index contributed by atoms with van der Waals surface area (Å²) in [7, 11) is 1.39. The molecule has 1 heterocycles. The summed E-state index contributed by atoms with van der Waals surface area (Å²) in [6.07, 6.45) is 14.8. The van der Waals surface area contributed by atoms with Gasteiger partial charge in [0, 0.05) is 12.6 Å². The van der Waals surface area contributed by atoms with Gasteiger partial charge in [0.1, 0.15) is 30.6 Å². The number of nitrogens with one attached hydrogen (secondary N) is 1. The third-order valence-corrected chi connectivity index (χ3v) is 4.00. The number of fused-ring (bicyclic) bond motifs is 1. The molecule has 0 spiro atoms. The Morgan fingerprint density at radius 2 is 2.10 bits per heavy atom. The third kappa shape index (κ3) is 7.79. The fourth-order valence-electron chi connectivity index (χ4n) is 2.55. The standard InChI is InChI=1S/C23H24N2O6/c1-30-25-16-8-14-21(28)24-15-7-13-20-18(26)11-5-3-2-4-9-17-10-6-12-19(27)22(17)23(29)31-20/h2-14,16,18,20,26-27H,15H2,1H3,(H,24,28)/b3-2-,9-4+,11-5-,13-7+,14-8-,25-16+. The van der Waals surface area contributed by atoms with Gasteiger partial charge < -0.3 is 25.1 Å². The zero-order valence-electron chi connectivity index (χ0n) is 16.9. The number of hydrogen-bond donors (Lipinski definition) is 3. The Hall–Kier alpha value is -3.91. The van der Waals surface area contributed by atoms with Crippen LogP contribution in [0.4, 0.5) is 0 Å². The van der Waals surface area contributed by atoms with E-state index in [2.05, 4.69) is 15.3 Å². The maximum atomic E-state index is 12.7. The van der Waals surface area contributed by atoms with Gasteiger partial charge in [-0.2, -0.15) is 0 Å². The van der Waals surface area contributed by atoms with Gasteiger partial charge in [0.05, 0.1) is 6.21 Å². The van der Waals surface area contributed by atoms with Crippen LogP contribution in [0.5, 0.6) is 5.75 Å². The number of phenols is 1. The van der Waals surface area contributed by atoms with E-state index in [-0.39, 0.29) is 23.8 Å². The van der Waals surface area contributed by atoms with Crippen molar-refractivity contribution >= 4 is 24.2 Å². The van der Waals surface area contributed by atoms with Crippen molar-refractivity contribution in [2.45, 2.75) is 12.2 Å². The van der Waals surface area contributed by atoms with E-state index < -0.39 is 18.2 Å². The number of hydrogen-bond acceptors (Lipinski definition) is 7. The number of phenolic OH excluding ortho intramolecular Hbond substituents is 1. The van der Waals surface area contributed by atoms with Gasteiger partial charge in [-0.05, 0) is 23.8 Å². The minimum Gasteiger partial charge on any atom is -0.507 e. The van der Waals surface area contributed by atoms with E-state index >= 15 is 0 Å². The molecule has 0 radical (unpaired) electrons. The molecule has 0 aromatic heterocycles. The first kappa shape index (κ1) is 23.4. The van der Waals surface area contributed by atoms with E-state index in [0.717, 1.165) is 0 Å². The van der Waals surface area contributed by atoms with Crippen LogP contribution in [-0.4, -0.2) is 54.2 Å². The number of carbonyl (C=O) groups is 2. The molecule has 0 bridgehead atoms. The minimum atomic E-state index is -1.14. The highest BCUT2D eigenvalue weighted by molar-refractivity contribution is 5.96. The minimum absolute atomic E-state index is 0.00142. The molecular weight excluding hydrogens is 400 g/mol. The molecule has 2 unspecified atom stereocenters. The zero-order valence-corrected chi connectivity index (χ0v) is 16.9. The lowest BCUT2D eigenvalue weighted by molar-refractivity contribution is -0.116. The van der Waals surface area contributed by atoms with Crippen LogP contribution in [0.15, 0.2) is 78.0 Å². The summed E-state index contributed by atoms with van der Waals surface area (Å²) in [5.74, 6) is -1.37. The quantitative estimate of drug-likeness (QED) is 0.212. The number of nitrogens with zero attached hydrogens (tertiary/aromatic N) is 1. The summed E-state index contributed by atoms with van der Waals surface area (Å²) in [4.78, 5) is 28.9. The van der Waals surface area contributed by atoms with Gasteiger partial charge in [0.15, 0.2) is 0 Å². The number of esters is 1. The molecular formula is C23H24N2O6. The van der Waals surface area contributed by atoms with E-state index in [0.29, 0.717) is 5.56 Å². The van der Waals surface area contributed by atoms with Crippen molar-refractivity contribution in [2.24, 2.45) is 5.16 Å². The van der Waals surface area contributed by atoms with Crippen LogP contribution < -0.4 is 5.32 Å². The lowest BCUT2D eigenvalue weighted by Crippen LogP contribution is -2.29. The molecule has 0 saturated carbocycles. The summed E-state index contributed by atoms with van der Waals surface area (Å²) in [6.45, 7) is 0.138. The van der Waals surface area contributed by atoms with Gasteiger partial charge in [-0.1, -0.05) is 59.8 Å². The van der Waals surface area contributed by atoms with Gasteiger partial charge in [-0.15, -0.1) is 0 Å². The molecule has 0 saturated heterocycles. The summed E-state index contributed by atoms with van der Waals surface area (Å²) in [6, 6.07) is 4.67. The monoisotopic (exact) mass is 424 g/mol. The van der Waals surface area contributed by atoms with Gasteiger partial charge in [0.25, 0.3) is 0 Å². The normalized spacial score (nSPS) is 22.3. The molecule has 0 aliphatic carbocycles. The number of aliphatic hydroxyl groups is 1. The van der Waals surface area contributed by atoms with E-state index in [4.69, 9.17) is 4.74 Å². The highest BCUT2D eigenvalue weighted by atomic mass is 16.6. The summed E-state index contributed by atoms with van der Waals surface area (Å²) in [5, 5.41) is 26.6. The number of carbonyl (C=O) groups excluding carboxylic acids is 2. The number of oxime groups is 1. The van der Waals surface area contributed by atoms with Gasteiger partial charge in [-0.3, -0.25) is 4.79 Å². The number of aliphatic hydroxyl groups excluding tert-OH is 1. The van der Waals surface area contributed by atoms with Crippen LogP contribution in [0.3, 0.4) is 0 Å². The second kappa shape index (κ2) is 12.6. The Balaban J connectivity index is 2.13. The topological polar surface area (TPSA) is 117 Å². The molecule has 1 aromatic rings.